The Labute approximate surface area is 130 Å². The van der Waals surface area contributed by atoms with Crippen LogP contribution in [-0.2, 0) is 4.74 Å². The van der Waals surface area contributed by atoms with Gasteiger partial charge < -0.3 is 9.64 Å². The normalized spacial score (nSPS) is 16.8. The Kier molecular flexibility index (Phi) is 4.25. The first-order valence-electron chi connectivity index (χ1n) is 7.06. The molecule has 7 nitrogen and oxygen atoms in total. The summed E-state index contributed by atoms with van der Waals surface area (Å²) in [6.07, 6.45) is 2.31. The number of rotatable bonds is 4. The zero-order valence-electron chi connectivity index (χ0n) is 11.9. The lowest BCUT2D eigenvalue weighted by Gasteiger charge is -2.32. The highest BCUT2D eigenvalue weighted by Gasteiger charge is 2.21. The van der Waals surface area contributed by atoms with Crippen LogP contribution in [0.5, 0.6) is 0 Å². The van der Waals surface area contributed by atoms with Crippen molar-refractivity contribution in [1.29, 1.82) is 0 Å². The molecule has 3 rings (SSSR count). The molecular weight excluding hydrogens is 338 g/mol. The number of ether oxygens (including phenoxy) is 1. The predicted octanol–water partition coefficient (Wildman–Crippen LogP) is 1.11. The van der Waals surface area contributed by atoms with E-state index in [1.54, 1.807) is 0 Å². The van der Waals surface area contributed by atoms with Gasteiger partial charge in [0.15, 0.2) is 5.65 Å². The van der Waals surface area contributed by atoms with E-state index in [2.05, 4.69) is 36.0 Å². The summed E-state index contributed by atoms with van der Waals surface area (Å²) < 4.78 is 7.24. The number of nitrogens with one attached hydrogen (secondary N) is 1. The maximum atomic E-state index is 11.6. The zero-order chi connectivity index (χ0) is 14.8. The van der Waals surface area contributed by atoms with Gasteiger partial charge in [-0.15, -0.1) is 0 Å². The minimum Gasteiger partial charge on any atom is -0.377 e. The SMILES string of the molecule is Cc1nc(N2CCC(OCCBr)CC2)cc2n[nH]c(=O)n12. The maximum absolute atomic E-state index is 11.6. The van der Waals surface area contributed by atoms with Crippen molar-refractivity contribution < 1.29 is 4.74 Å². The van der Waals surface area contributed by atoms with Crippen LogP contribution >= 0.6 is 15.9 Å². The van der Waals surface area contributed by atoms with Crippen molar-refractivity contribution in [3.05, 3.63) is 22.4 Å². The maximum Gasteiger partial charge on any atom is 0.349 e. The van der Waals surface area contributed by atoms with Gasteiger partial charge in [0, 0.05) is 24.5 Å². The highest BCUT2D eigenvalue weighted by molar-refractivity contribution is 9.09. The fourth-order valence-corrected chi connectivity index (χ4v) is 2.89. The average molecular weight is 356 g/mol. The van der Waals surface area contributed by atoms with Crippen molar-refractivity contribution in [2.24, 2.45) is 0 Å². The van der Waals surface area contributed by atoms with Crippen LogP contribution in [0.3, 0.4) is 0 Å². The number of H-pyrrole nitrogens is 1. The molecule has 0 unspecified atom stereocenters. The summed E-state index contributed by atoms with van der Waals surface area (Å²) in [5.74, 6) is 1.52. The van der Waals surface area contributed by atoms with Crippen LogP contribution in [0.4, 0.5) is 5.82 Å². The quantitative estimate of drug-likeness (QED) is 0.831. The highest BCUT2D eigenvalue weighted by Crippen LogP contribution is 2.20. The number of anilines is 1. The first kappa shape index (κ1) is 14.5. The lowest BCUT2D eigenvalue weighted by atomic mass is 10.1. The summed E-state index contributed by atoms with van der Waals surface area (Å²) in [6, 6.07) is 1.85. The van der Waals surface area contributed by atoms with Gasteiger partial charge in [-0.2, -0.15) is 5.10 Å². The van der Waals surface area contributed by atoms with Crippen LogP contribution < -0.4 is 10.6 Å². The first-order chi connectivity index (χ1) is 10.2. The van der Waals surface area contributed by atoms with Gasteiger partial charge in [-0.3, -0.25) is 0 Å². The van der Waals surface area contributed by atoms with Gasteiger partial charge in [0.1, 0.15) is 11.6 Å². The van der Waals surface area contributed by atoms with E-state index in [0.717, 1.165) is 43.7 Å². The second-order valence-corrected chi connectivity index (χ2v) is 5.92. The number of alkyl halides is 1. The molecule has 1 N–H and O–H groups in total. The van der Waals surface area contributed by atoms with E-state index in [1.807, 2.05) is 13.0 Å². The summed E-state index contributed by atoms with van der Waals surface area (Å²) in [5, 5.41) is 7.34. The van der Waals surface area contributed by atoms with Gasteiger partial charge in [-0.05, 0) is 19.8 Å². The molecule has 0 radical (unpaired) electrons. The zero-order valence-corrected chi connectivity index (χ0v) is 13.5. The Balaban J connectivity index is 1.75. The van der Waals surface area contributed by atoms with Crippen molar-refractivity contribution in [3.63, 3.8) is 0 Å². The number of fused-ring (bicyclic) bond motifs is 1. The van der Waals surface area contributed by atoms with Crippen LogP contribution in [-0.4, -0.2) is 50.7 Å². The molecule has 1 saturated heterocycles. The molecule has 114 valence electrons. The number of aromatic amines is 1. The Morgan fingerprint density at radius 1 is 1.48 bits per heavy atom. The van der Waals surface area contributed by atoms with Gasteiger partial charge in [-0.1, -0.05) is 15.9 Å². The third-order valence-corrected chi connectivity index (χ3v) is 4.08. The van der Waals surface area contributed by atoms with E-state index in [4.69, 9.17) is 4.74 Å². The smallest absolute Gasteiger partial charge is 0.349 e. The molecule has 1 fully saturated rings. The highest BCUT2D eigenvalue weighted by atomic mass is 79.9. The molecule has 2 aromatic rings. The van der Waals surface area contributed by atoms with Crippen LogP contribution in [0, 0.1) is 6.92 Å². The standard InChI is InChI=1S/C13H18BrN5O2/c1-9-15-11(8-12-16-17-13(20)19(9)12)18-5-2-10(3-6-18)21-7-4-14/h8,10H,2-7H2,1H3,(H,17,20). The summed E-state index contributed by atoms with van der Waals surface area (Å²) in [7, 11) is 0. The van der Waals surface area contributed by atoms with Gasteiger partial charge in [0.05, 0.1) is 12.7 Å². The van der Waals surface area contributed by atoms with Gasteiger partial charge in [0.2, 0.25) is 0 Å². The molecule has 0 aliphatic carbocycles. The molecule has 2 aromatic heterocycles. The van der Waals surface area contributed by atoms with Gasteiger partial charge in [-0.25, -0.2) is 19.3 Å². The largest absolute Gasteiger partial charge is 0.377 e. The Morgan fingerprint density at radius 3 is 2.95 bits per heavy atom. The van der Waals surface area contributed by atoms with Crippen molar-refractivity contribution in [2.45, 2.75) is 25.9 Å². The van der Waals surface area contributed by atoms with E-state index < -0.39 is 0 Å². The molecule has 3 heterocycles. The second-order valence-electron chi connectivity index (χ2n) is 5.13. The summed E-state index contributed by atoms with van der Waals surface area (Å²) in [4.78, 5) is 18.3. The molecule has 1 aliphatic heterocycles. The monoisotopic (exact) mass is 355 g/mol. The van der Waals surface area contributed by atoms with Crippen LogP contribution in [0.25, 0.3) is 5.65 Å². The summed E-state index contributed by atoms with van der Waals surface area (Å²) in [6.45, 7) is 4.39. The minimum absolute atomic E-state index is 0.247. The lowest BCUT2D eigenvalue weighted by Crippen LogP contribution is -2.38. The van der Waals surface area contributed by atoms with Crippen molar-refractivity contribution >= 4 is 27.4 Å². The fraction of sp³-hybridized carbons (Fsp3) is 0.615. The fourth-order valence-electron chi connectivity index (χ4n) is 2.71. The minimum atomic E-state index is -0.247. The van der Waals surface area contributed by atoms with Crippen molar-refractivity contribution in [1.82, 2.24) is 19.6 Å². The molecule has 0 saturated carbocycles. The molecule has 1 aliphatic rings. The number of hydrogen-bond acceptors (Lipinski definition) is 5. The first-order valence-corrected chi connectivity index (χ1v) is 8.18. The number of aryl methyl sites for hydroxylation is 1. The van der Waals surface area contributed by atoms with E-state index in [9.17, 15) is 4.79 Å². The predicted molar refractivity (Wildman–Crippen MR) is 83.3 cm³/mol. The third-order valence-electron chi connectivity index (χ3n) is 3.75. The molecule has 0 bridgehead atoms. The molecule has 0 aromatic carbocycles. The van der Waals surface area contributed by atoms with E-state index in [1.165, 1.54) is 4.40 Å². The molecule has 0 spiro atoms. The number of hydrogen-bond donors (Lipinski definition) is 1. The second kappa shape index (κ2) is 6.15. The van der Waals surface area contributed by atoms with E-state index >= 15 is 0 Å². The Morgan fingerprint density at radius 2 is 2.24 bits per heavy atom. The Bertz CT molecular complexity index is 675. The molecule has 0 atom stereocenters. The average Bonchev–Trinajstić information content (AvgIpc) is 2.87. The van der Waals surface area contributed by atoms with Crippen LogP contribution in [0.2, 0.25) is 0 Å². The lowest BCUT2D eigenvalue weighted by molar-refractivity contribution is 0.0480. The van der Waals surface area contributed by atoms with E-state index in [0.29, 0.717) is 17.6 Å². The molecule has 0 amide bonds. The van der Waals surface area contributed by atoms with Crippen molar-refractivity contribution in [2.75, 3.05) is 29.9 Å². The molecular formula is C13H18BrN5O2. The van der Waals surface area contributed by atoms with Gasteiger partial charge in [0.25, 0.3) is 0 Å². The summed E-state index contributed by atoms with van der Waals surface area (Å²) in [5.41, 5.74) is 0.364. The number of halogens is 1. The van der Waals surface area contributed by atoms with Gasteiger partial charge >= 0.3 is 5.69 Å². The topological polar surface area (TPSA) is 75.5 Å². The third kappa shape index (κ3) is 2.96. The number of nitrogens with zero attached hydrogens (tertiary/aromatic N) is 4. The van der Waals surface area contributed by atoms with E-state index in [-0.39, 0.29) is 5.69 Å². The Hall–Kier alpha value is -1.41. The molecule has 8 heteroatoms. The molecule has 21 heavy (non-hydrogen) atoms. The number of aromatic nitrogens is 4. The van der Waals surface area contributed by atoms with Crippen LogP contribution in [0.1, 0.15) is 18.7 Å². The summed E-state index contributed by atoms with van der Waals surface area (Å²) >= 11 is 3.37. The van der Waals surface area contributed by atoms with Crippen LogP contribution in [0.15, 0.2) is 10.9 Å². The number of piperidine rings is 1. The van der Waals surface area contributed by atoms with Crippen molar-refractivity contribution in [3.8, 4) is 0 Å².